The predicted octanol–water partition coefficient (Wildman–Crippen LogP) is 13.1. The summed E-state index contributed by atoms with van der Waals surface area (Å²) in [7, 11) is 2.15. The van der Waals surface area contributed by atoms with Crippen LogP contribution in [0.2, 0.25) is 0 Å². The van der Waals surface area contributed by atoms with Crippen LogP contribution in [-0.4, -0.2) is 235 Å². The zero-order valence-corrected chi connectivity index (χ0v) is 78.9. The van der Waals surface area contributed by atoms with Gasteiger partial charge >= 0.3 is 29.8 Å². The van der Waals surface area contributed by atoms with Crippen LogP contribution in [0.5, 0.6) is 0 Å². The molecule has 1 N–H and O–H groups in total. The summed E-state index contributed by atoms with van der Waals surface area (Å²) in [6, 6.07) is 66.2. The molecule has 6 aliphatic heterocycles. The highest BCUT2D eigenvalue weighted by Gasteiger charge is 2.63. The number of hydrogen-bond acceptors (Lipinski definition) is 32. The summed E-state index contributed by atoms with van der Waals surface area (Å²) in [6.07, 6.45) is -40.0. The van der Waals surface area contributed by atoms with Crippen molar-refractivity contribution in [3.63, 3.8) is 0 Å². The van der Waals surface area contributed by atoms with E-state index in [1.807, 2.05) is 84.9 Å². The van der Waals surface area contributed by atoms with Gasteiger partial charge in [0.05, 0.1) is 90.6 Å². The van der Waals surface area contributed by atoms with Crippen molar-refractivity contribution in [3.8, 4) is 0 Å². The van der Waals surface area contributed by atoms with Gasteiger partial charge in [-0.15, -0.1) is 0 Å². The Morgan fingerprint density at radius 1 is 0.429 bits per heavy atom. The van der Waals surface area contributed by atoms with E-state index in [2.05, 4.69) is 25.4 Å². The number of methoxy groups -OCH3 is 2. The zero-order chi connectivity index (χ0) is 98.6. The number of ketones is 1. The van der Waals surface area contributed by atoms with E-state index in [0.717, 1.165) is 19.8 Å². The van der Waals surface area contributed by atoms with Crippen LogP contribution in [0.4, 0.5) is 0 Å². The number of benzene rings is 8. The smallest absolute Gasteiger partial charge is 0.338 e. The molecule has 0 saturated carbocycles. The third-order valence-corrected chi connectivity index (χ3v) is 23.8. The summed E-state index contributed by atoms with van der Waals surface area (Å²) in [6.45, 7) is 8.23. The molecule has 8 aromatic rings. The molecule has 1 amide bonds. The number of carbonyl (C=O) groups is 7. The fourth-order valence-electron chi connectivity index (χ4n) is 17.0. The second-order valence-corrected chi connectivity index (χ2v) is 35.5. The summed E-state index contributed by atoms with van der Waals surface area (Å²) in [5.41, 5.74) is 25.2. The first-order chi connectivity index (χ1) is 67.9. The second kappa shape index (κ2) is 51.0. The third-order valence-electron chi connectivity index (χ3n) is 23.8. The number of ether oxygens (including phenoxy) is 23. The van der Waals surface area contributed by atoms with Gasteiger partial charge in [0.25, 0.3) is 0 Å². The van der Waals surface area contributed by atoms with Crippen LogP contribution in [0, 0.1) is 5.41 Å². The van der Waals surface area contributed by atoms with Gasteiger partial charge in [-0.25, -0.2) is 14.4 Å². The summed E-state index contributed by atoms with van der Waals surface area (Å²) in [5.74, 6) is -5.92. The van der Waals surface area contributed by atoms with E-state index in [1.165, 1.54) is 13.8 Å². The molecule has 744 valence electrons. The average Bonchev–Trinajstić information content (AvgIpc) is 0.750. The van der Waals surface area contributed by atoms with Crippen LogP contribution >= 0.6 is 0 Å². The molecule has 0 bridgehead atoms. The Bertz CT molecular complexity index is 5380. The van der Waals surface area contributed by atoms with Crippen molar-refractivity contribution in [3.05, 3.63) is 308 Å². The quantitative estimate of drug-likeness (QED) is 0.0122. The molecule has 8 aromatic carbocycles. The topological polar surface area (TPSA) is 441 Å². The maximum absolute atomic E-state index is 15.6. The van der Waals surface area contributed by atoms with E-state index in [1.54, 1.807) is 192 Å². The van der Waals surface area contributed by atoms with Crippen molar-refractivity contribution in [2.45, 2.75) is 267 Å². The lowest BCUT2D eigenvalue weighted by Gasteiger charge is -2.52. The van der Waals surface area contributed by atoms with Crippen LogP contribution in [0.25, 0.3) is 20.9 Å². The van der Waals surface area contributed by atoms with E-state index in [9.17, 15) is 25.4 Å². The SMILES string of the molecule is COC(=O)[C@@H]1O[C@@H](O[C@H]2[C@H](OCc3ccccc3)[C@@H](N=[N+]=[N-])[C@@H](O[C@H]3[C@H](OCc4ccccc4)[C@@H](OC(=O)C(C)(C)C)[C@H](O[C@H]4[C@H](OCc5ccccc5)[C@@H](NC(C)=O)[C@@H](OC(C)C)O[C@@H]4COC(=O)c4ccccc4)O[C@H]3C(=O)OC)O[C@@H]2COCc2ccccc2)[C@H](OC(=O)CCC(C)=O)[C@@H](OCc2ccccc2)[C@@H]1O[C@H]1O[C@@H]2CO[C@@H](c3ccccc3)O[C@H]2[C@H](OCc2ccccc2)[C@H]1N=[N+]=[N-]. The molecule has 14 rings (SSSR count). The Labute approximate surface area is 809 Å². The Morgan fingerprint density at radius 3 is 1.28 bits per heavy atom. The minimum absolute atomic E-state index is 0.0501. The monoisotopic (exact) mass is 1930 g/mol. The van der Waals surface area contributed by atoms with Crippen LogP contribution in [-0.2, 0) is 177 Å². The number of rotatable bonds is 43. The van der Waals surface area contributed by atoms with Crippen molar-refractivity contribution in [1.29, 1.82) is 0 Å². The van der Waals surface area contributed by atoms with Gasteiger partial charge < -0.3 is 119 Å². The fraction of sp³-hybridized carbons (Fsp3) is 0.466. The Kier molecular flexibility index (Phi) is 37.9. The van der Waals surface area contributed by atoms with Gasteiger partial charge in [-0.3, -0.25) is 14.4 Å². The van der Waals surface area contributed by atoms with Gasteiger partial charge in [0, 0.05) is 28.7 Å². The van der Waals surface area contributed by atoms with Gasteiger partial charge in [0.15, 0.2) is 62.2 Å². The van der Waals surface area contributed by atoms with Crippen molar-refractivity contribution >= 4 is 41.5 Å². The normalized spacial score (nSPS) is 28.8. The van der Waals surface area contributed by atoms with E-state index in [0.29, 0.717) is 33.4 Å². The van der Waals surface area contributed by atoms with E-state index in [4.69, 9.17) is 109 Å². The van der Waals surface area contributed by atoms with E-state index in [-0.39, 0.29) is 58.2 Å². The van der Waals surface area contributed by atoms with Gasteiger partial charge in [0.1, 0.15) is 110 Å². The highest BCUT2D eigenvalue weighted by atomic mass is 16.8. The Hall–Kier alpha value is -11.9. The molecule has 0 aliphatic carbocycles. The van der Waals surface area contributed by atoms with E-state index >= 15 is 19.2 Å². The molecular weight excluding hydrogens is 1820 g/mol. The van der Waals surface area contributed by atoms with Crippen molar-refractivity contribution in [1.82, 2.24) is 5.32 Å². The van der Waals surface area contributed by atoms with Gasteiger partial charge in [-0.05, 0) is 98.1 Å². The molecule has 37 nitrogen and oxygen atoms in total. The minimum atomic E-state index is -2.11. The van der Waals surface area contributed by atoms with Crippen molar-refractivity contribution < 1.29 is 143 Å². The molecule has 0 spiro atoms. The van der Waals surface area contributed by atoms with Crippen LogP contribution in [0.1, 0.15) is 117 Å². The summed E-state index contributed by atoms with van der Waals surface area (Å²) in [4.78, 5) is 109. The first kappa shape index (κ1) is 104. The molecule has 0 unspecified atom stereocenters. The predicted molar refractivity (Wildman–Crippen MR) is 494 cm³/mol. The molecule has 6 fully saturated rings. The lowest BCUT2D eigenvalue weighted by molar-refractivity contribution is -0.387. The molecule has 6 aliphatic rings. The Balaban J connectivity index is 0.895. The van der Waals surface area contributed by atoms with Crippen molar-refractivity contribution in [2.24, 2.45) is 15.6 Å². The minimum Gasteiger partial charge on any atom is -0.467 e. The number of hydrogen-bond donors (Lipinski definition) is 1. The second-order valence-electron chi connectivity index (χ2n) is 35.5. The molecule has 6 heterocycles. The molecule has 26 atom stereocenters. The standard InChI is InChI=1S/C103H117N7O30/c1-61(2)128-97-76(106-63(4)112)82(121-53-65-36-20-11-21-37-65)80(73(130-97)59-126-93(114)70-46-30-16-31-47-70)135-101-92(140-102(117)103(5,6)7)86(125-57-69-44-28-15-29-45-69)88(90(139-101)95(116)119-9)137-98-77(107-109-104)83(122-54-66-38-22-12-23-39-66)79(72(129-98)58-120-52-64-34-18-10-19-35-64)134-100-91(132-75(113)51-50-62(3)111)85(124-56-68-42-26-14-27-43-68)87(89(138-100)94(115)118-8)136-99-78(108-110-105)84(123-55-67-40-24-13-25-41-67)81-74(131-99)60-127-96(133-81)71-48-32-17-33-49-71/h10-49,61,72-74,76-92,96-101H,50-60H2,1-9H3,(H,106,112)/t72-,73-,74-,76-,77-,78-,79-,80-,81-,82-,83-,84-,85+,86+,87+,88+,89-,90-,91-,92-,96-,97+,98-,99-,100-,101-/m1/s1. The number of esters is 5. The molecular formula is C103H117N7O30. The number of fused-ring (bicyclic) bond motifs is 1. The molecule has 140 heavy (non-hydrogen) atoms. The van der Waals surface area contributed by atoms with Gasteiger partial charge in [-0.2, -0.15) is 0 Å². The lowest BCUT2D eigenvalue weighted by Crippen LogP contribution is -2.70. The first-order valence-electron chi connectivity index (χ1n) is 46.3. The highest BCUT2D eigenvalue weighted by molar-refractivity contribution is 5.89. The maximum Gasteiger partial charge on any atom is 0.338 e. The lowest BCUT2D eigenvalue weighted by atomic mass is 9.93. The van der Waals surface area contributed by atoms with Crippen LogP contribution < -0.4 is 5.32 Å². The summed E-state index contributed by atoms with van der Waals surface area (Å²) >= 11 is 0. The first-order valence-corrected chi connectivity index (χ1v) is 46.3. The average molecular weight is 1930 g/mol. The Morgan fingerprint density at radius 2 is 0.829 bits per heavy atom. The number of nitrogens with zero attached hydrogens (tertiary/aromatic N) is 6. The van der Waals surface area contributed by atoms with Crippen LogP contribution in [0.15, 0.2) is 253 Å². The van der Waals surface area contributed by atoms with Crippen molar-refractivity contribution in [2.75, 3.05) is 34.0 Å². The molecule has 0 aromatic heterocycles. The van der Waals surface area contributed by atoms with Gasteiger partial charge in [-0.1, -0.05) is 241 Å². The summed E-state index contributed by atoms with van der Waals surface area (Å²) < 4.78 is 156. The molecule has 37 heteroatoms. The number of amides is 1. The number of azide groups is 2. The van der Waals surface area contributed by atoms with E-state index < -0.39 is 232 Å². The zero-order valence-electron chi connectivity index (χ0n) is 78.9. The fourth-order valence-corrected chi connectivity index (χ4v) is 17.0. The highest BCUT2D eigenvalue weighted by Crippen LogP contribution is 2.45. The summed E-state index contributed by atoms with van der Waals surface area (Å²) in [5, 5.41) is 11.7. The molecule has 6 saturated heterocycles. The number of nitrogens with one attached hydrogen (secondary N) is 1. The van der Waals surface area contributed by atoms with Crippen LogP contribution in [0.3, 0.4) is 0 Å². The third kappa shape index (κ3) is 27.9. The number of Topliss-reactive ketones (excluding diaryl/α,β-unsaturated/α-hetero) is 1. The maximum atomic E-state index is 15.6. The van der Waals surface area contributed by atoms with Gasteiger partial charge in [0.2, 0.25) is 5.91 Å². The number of carbonyl (C=O) groups excluding carboxylic acids is 7. The molecule has 0 radical (unpaired) electrons. The largest absolute Gasteiger partial charge is 0.467 e.